The van der Waals surface area contributed by atoms with Crippen molar-refractivity contribution in [3.05, 3.63) is 41.3 Å². The molecule has 5 heteroatoms. The van der Waals surface area contributed by atoms with E-state index in [1.54, 1.807) is 11.8 Å². The van der Waals surface area contributed by atoms with Gasteiger partial charge in [-0.15, -0.1) is 0 Å². The quantitative estimate of drug-likeness (QED) is 0.650. The summed E-state index contributed by atoms with van der Waals surface area (Å²) in [4.78, 5) is 13.3. The van der Waals surface area contributed by atoms with Gasteiger partial charge in [0.25, 0.3) is 0 Å². The first-order chi connectivity index (χ1) is 9.69. The average Bonchev–Trinajstić information content (AvgIpc) is 2.43. The lowest BCUT2D eigenvalue weighted by atomic mass is 10.3. The molecule has 0 radical (unpaired) electrons. The molecule has 1 N–H and O–H groups in total. The summed E-state index contributed by atoms with van der Waals surface area (Å²) in [6.45, 7) is 7.08. The van der Waals surface area contributed by atoms with E-state index in [1.165, 1.54) is 5.56 Å². The fraction of sp³-hybridized carbons (Fsp3) is 0.400. The highest BCUT2D eigenvalue weighted by molar-refractivity contribution is 7.98. The number of anilines is 1. The van der Waals surface area contributed by atoms with Crippen LogP contribution in [0.4, 0.5) is 5.82 Å². The lowest BCUT2D eigenvalue weighted by Crippen LogP contribution is -2.04. The Labute approximate surface area is 124 Å². The largest absolute Gasteiger partial charge is 0.370 e. The molecule has 0 atom stereocenters. The molecule has 20 heavy (non-hydrogen) atoms. The number of nitrogens with one attached hydrogen (secondary N) is 1. The molecule has 0 aliphatic rings. The molecule has 0 spiro atoms. The molecule has 0 fully saturated rings. The molecule has 2 heterocycles. The van der Waals surface area contributed by atoms with Gasteiger partial charge in [-0.25, -0.2) is 15.0 Å². The van der Waals surface area contributed by atoms with Crippen LogP contribution in [0, 0.1) is 13.8 Å². The minimum atomic E-state index is 0.822. The van der Waals surface area contributed by atoms with E-state index in [0.29, 0.717) is 0 Å². The summed E-state index contributed by atoms with van der Waals surface area (Å²) in [5, 5.41) is 4.18. The standard InChI is InChI=1S/C15H20N4S/c1-4-7-16-14-13(6-5-8-17-14)10-20-15-18-11(2)9-12(3)19-15/h5-6,8-9H,4,7,10H2,1-3H3,(H,16,17). The van der Waals surface area contributed by atoms with Gasteiger partial charge in [0.05, 0.1) is 0 Å². The third-order valence-electron chi connectivity index (χ3n) is 2.75. The van der Waals surface area contributed by atoms with Gasteiger partial charge < -0.3 is 5.32 Å². The molecular weight excluding hydrogens is 268 g/mol. The Bertz CT molecular complexity index is 551. The molecule has 2 aromatic heterocycles. The second-order valence-corrected chi connectivity index (χ2v) is 5.60. The van der Waals surface area contributed by atoms with Gasteiger partial charge in [0.1, 0.15) is 5.82 Å². The summed E-state index contributed by atoms with van der Waals surface area (Å²) >= 11 is 1.65. The number of aromatic nitrogens is 3. The zero-order valence-electron chi connectivity index (χ0n) is 12.2. The van der Waals surface area contributed by atoms with E-state index in [4.69, 9.17) is 0 Å². The maximum atomic E-state index is 4.45. The Kier molecular flexibility index (Phi) is 5.35. The van der Waals surface area contributed by atoms with Gasteiger partial charge in [-0.3, -0.25) is 0 Å². The van der Waals surface area contributed by atoms with Gasteiger partial charge in [0.15, 0.2) is 5.16 Å². The smallest absolute Gasteiger partial charge is 0.188 e. The summed E-state index contributed by atoms with van der Waals surface area (Å²) in [6.07, 6.45) is 2.91. The Balaban J connectivity index is 2.06. The first-order valence-corrected chi connectivity index (χ1v) is 7.80. The van der Waals surface area contributed by atoms with Crippen LogP contribution in [0.15, 0.2) is 29.6 Å². The highest BCUT2D eigenvalue weighted by Gasteiger charge is 2.06. The van der Waals surface area contributed by atoms with Crippen molar-refractivity contribution in [1.82, 2.24) is 15.0 Å². The number of hydrogen-bond acceptors (Lipinski definition) is 5. The van der Waals surface area contributed by atoms with Crippen LogP contribution in [0.3, 0.4) is 0 Å². The van der Waals surface area contributed by atoms with Crippen LogP contribution in [0.1, 0.15) is 30.3 Å². The molecule has 0 unspecified atom stereocenters. The van der Waals surface area contributed by atoms with Crippen LogP contribution < -0.4 is 5.32 Å². The minimum absolute atomic E-state index is 0.822. The van der Waals surface area contributed by atoms with Gasteiger partial charge in [0.2, 0.25) is 0 Å². The highest BCUT2D eigenvalue weighted by Crippen LogP contribution is 2.23. The number of hydrogen-bond donors (Lipinski definition) is 1. The molecule has 106 valence electrons. The van der Waals surface area contributed by atoms with E-state index in [-0.39, 0.29) is 0 Å². The highest BCUT2D eigenvalue weighted by atomic mass is 32.2. The summed E-state index contributed by atoms with van der Waals surface area (Å²) in [5.41, 5.74) is 3.21. The molecule has 2 rings (SSSR count). The molecule has 2 aromatic rings. The Morgan fingerprint density at radius 1 is 1.20 bits per heavy atom. The van der Waals surface area contributed by atoms with Crippen LogP contribution in [0.25, 0.3) is 0 Å². The molecule has 0 aliphatic heterocycles. The predicted octanol–water partition coefficient (Wildman–Crippen LogP) is 3.60. The van der Waals surface area contributed by atoms with E-state index in [2.05, 4.69) is 33.3 Å². The van der Waals surface area contributed by atoms with Gasteiger partial charge in [-0.2, -0.15) is 0 Å². The Morgan fingerprint density at radius 3 is 2.65 bits per heavy atom. The van der Waals surface area contributed by atoms with E-state index in [0.717, 1.165) is 41.1 Å². The lowest BCUT2D eigenvalue weighted by molar-refractivity contribution is 0.901. The third kappa shape index (κ3) is 4.20. The fourth-order valence-electron chi connectivity index (χ4n) is 1.86. The van der Waals surface area contributed by atoms with Crippen LogP contribution >= 0.6 is 11.8 Å². The number of pyridine rings is 1. The van der Waals surface area contributed by atoms with Crippen molar-refractivity contribution < 1.29 is 0 Å². The number of rotatable bonds is 6. The molecule has 0 aliphatic carbocycles. The first kappa shape index (κ1) is 14.8. The number of aryl methyl sites for hydroxylation is 2. The van der Waals surface area contributed by atoms with Crippen molar-refractivity contribution >= 4 is 17.6 Å². The Hall–Kier alpha value is -1.62. The molecule has 4 nitrogen and oxygen atoms in total. The summed E-state index contributed by atoms with van der Waals surface area (Å²) in [7, 11) is 0. The SMILES string of the molecule is CCCNc1ncccc1CSc1nc(C)cc(C)n1. The number of thioether (sulfide) groups is 1. The average molecular weight is 288 g/mol. The number of nitrogens with zero attached hydrogens (tertiary/aromatic N) is 3. The Morgan fingerprint density at radius 2 is 1.95 bits per heavy atom. The van der Waals surface area contributed by atoms with Gasteiger partial charge in [0, 0.05) is 35.4 Å². The maximum Gasteiger partial charge on any atom is 0.188 e. The van der Waals surface area contributed by atoms with Crippen molar-refractivity contribution in [2.45, 2.75) is 38.1 Å². The maximum absolute atomic E-state index is 4.45. The summed E-state index contributed by atoms with van der Waals surface area (Å²) < 4.78 is 0. The van der Waals surface area contributed by atoms with E-state index in [9.17, 15) is 0 Å². The molecule has 0 aromatic carbocycles. The third-order valence-corrected chi connectivity index (χ3v) is 3.65. The monoisotopic (exact) mass is 288 g/mol. The van der Waals surface area contributed by atoms with Crippen molar-refractivity contribution in [2.75, 3.05) is 11.9 Å². The predicted molar refractivity (Wildman–Crippen MR) is 84.1 cm³/mol. The summed E-state index contributed by atoms with van der Waals surface area (Å²) in [6, 6.07) is 6.05. The van der Waals surface area contributed by atoms with Crippen LogP contribution in [-0.4, -0.2) is 21.5 Å². The van der Waals surface area contributed by atoms with E-state index < -0.39 is 0 Å². The minimum Gasteiger partial charge on any atom is -0.370 e. The first-order valence-electron chi connectivity index (χ1n) is 6.82. The molecule has 0 saturated carbocycles. The fourth-order valence-corrected chi connectivity index (χ4v) is 2.79. The molecule has 0 saturated heterocycles. The van der Waals surface area contributed by atoms with Gasteiger partial charge in [-0.05, 0) is 32.4 Å². The lowest BCUT2D eigenvalue weighted by Gasteiger charge is -2.09. The topological polar surface area (TPSA) is 50.7 Å². The van der Waals surface area contributed by atoms with Gasteiger partial charge >= 0.3 is 0 Å². The normalized spacial score (nSPS) is 10.6. The van der Waals surface area contributed by atoms with Crippen LogP contribution in [0.2, 0.25) is 0 Å². The van der Waals surface area contributed by atoms with Crippen LogP contribution in [0.5, 0.6) is 0 Å². The van der Waals surface area contributed by atoms with Crippen molar-refractivity contribution in [2.24, 2.45) is 0 Å². The zero-order chi connectivity index (χ0) is 14.4. The van der Waals surface area contributed by atoms with E-state index in [1.807, 2.05) is 32.2 Å². The van der Waals surface area contributed by atoms with E-state index >= 15 is 0 Å². The van der Waals surface area contributed by atoms with Crippen molar-refractivity contribution in [3.63, 3.8) is 0 Å². The van der Waals surface area contributed by atoms with Crippen molar-refractivity contribution in [1.29, 1.82) is 0 Å². The van der Waals surface area contributed by atoms with Crippen LogP contribution in [-0.2, 0) is 5.75 Å². The second kappa shape index (κ2) is 7.24. The van der Waals surface area contributed by atoms with Crippen molar-refractivity contribution in [3.8, 4) is 0 Å². The molecular formula is C15H20N4S. The second-order valence-electron chi connectivity index (χ2n) is 4.66. The molecule has 0 bridgehead atoms. The summed E-state index contributed by atoms with van der Waals surface area (Å²) in [5.74, 6) is 1.79. The molecule has 0 amide bonds. The zero-order valence-corrected chi connectivity index (χ0v) is 13.0. The van der Waals surface area contributed by atoms with Gasteiger partial charge in [-0.1, -0.05) is 24.8 Å².